The first-order valence-electron chi connectivity index (χ1n) is 6.05. The lowest BCUT2D eigenvalue weighted by molar-refractivity contribution is 0.282. The lowest BCUT2D eigenvalue weighted by Gasteiger charge is -2.17. The third-order valence-electron chi connectivity index (χ3n) is 2.78. The molecule has 0 aliphatic carbocycles. The first-order valence-corrected chi connectivity index (χ1v) is 6.05. The highest BCUT2D eigenvalue weighted by atomic mass is 16.2. The van der Waals surface area contributed by atoms with Gasteiger partial charge in [-0.1, -0.05) is 20.3 Å². The summed E-state index contributed by atoms with van der Waals surface area (Å²) in [4.78, 5) is 0. The van der Waals surface area contributed by atoms with E-state index in [9.17, 15) is 0 Å². The van der Waals surface area contributed by atoms with Crippen molar-refractivity contribution in [2.75, 3.05) is 13.2 Å². The van der Waals surface area contributed by atoms with Crippen molar-refractivity contribution in [1.29, 1.82) is 0 Å². The van der Waals surface area contributed by atoms with E-state index in [0.29, 0.717) is 12.6 Å². The molecule has 86 valence electrons. The Kier molecular flexibility index (Phi) is 9.42. The number of unbranched alkanes of at least 4 members (excludes halogenated alkanes) is 2. The summed E-state index contributed by atoms with van der Waals surface area (Å²) in [6.07, 6.45) is 5.82. The Labute approximate surface area is 89.1 Å². The maximum absolute atomic E-state index is 8.61. The molecule has 0 amide bonds. The number of aliphatic hydroxyl groups is 1. The zero-order valence-corrected chi connectivity index (χ0v) is 10.1. The second kappa shape index (κ2) is 9.47. The van der Waals surface area contributed by atoms with Crippen LogP contribution in [0.5, 0.6) is 0 Å². The monoisotopic (exact) mass is 201 g/mol. The van der Waals surface area contributed by atoms with Crippen molar-refractivity contribution in [3.05, 3.63) is 0 Å². The molecule has 0 aromatic carbocycles. The Hall–Kier alpha value is -0.0800. The summed E-state index contributed by atoms with van der Waals surface area (Å²) in [6, 6.07) is 0.638. The van der Waals surface area contributed by atoms with Crippen LogP contribution in [0.3, 0.4) is 0 Å². The van der Waals surface area contributed by atoms with Gasteiger partial charge in [0.1, 0.15) is 0 Å². The quantitative estimate of drug-likeness (QED) is 0.562. The molecule has 0 radical (unpaired) electrons. The van der Waals surface area contributed by atoms with E-state index < -0.39 is 0 Å². The minimum Gasteiger partial charge on any atom is -0.396 e. The first-order chi connectivity index (χ1) is 6.70. The second-order valence-corrected chi connectivity index (χ2v) is 4.39. The molecule has 0 saturated heterocycles. The summed E-state index contributed by atoms with van der Waals surface area (Å²) in [5, 5.41) is 12.1. The van der Waals surface area contributed by atoms with Crippen LogP contribution in [0.1, 0.15) is 52.9 Å². The van der Waals surface area contributed by atoms with Gasteiger partial charge < -0.3 is 10.4 Å². The zero-order chi connectivity index (χ0) is 10.8. The molecule has 0 aromatic rings. The topological polar surface area (TPSA) is 32.3 Å². The average Bonchev–Trinajstić information content (AvgIpc) is 2.17. The molecule has 0 fully saturated rings. The smallest absolute Gasteiger partial charge is 0.0431 e. The van der Waals surface area contributed by atoms with E-state index in [2.05, 4.69) is 26.1 Å². The number of aliphatic hydroxyl groups excluding tert-OH is 1. The van der Waals surface area contributed by atoms with E-state index in [0.717, 1.165) is 25.3 Å². The highest BCUT2D eigenvalue weighted by Gasteiger charge is 2.05. The second-order valence-electron chi connectivity index (χ2n) is 4.39. The number of hydrogen-bond donors (Lipinski definition) is 2. The van der Waals surface area contributed by atoms with Gasteiger partial charge in [0.2, 0.25) is 0 Å². The van der Waals surface area contributed by atoms with Crippen molar-refractivity contribution in [1.82, 2.24) is 5.32 Å². The van der Waals surface area contributed by atoms with Crippen molar-refractivity contribution in [3.8, 4) is 0 Å². The third-order valence-corrected chi connectivity index (χ3v) is 2.78. The normalized spacial score (nSPS) is 15.4. The van der Waals surface area contributed by atoms with E-state index in [4.69, 9.17) is 5.11 Å². The van der Waals surface area contributed by atoms with Crippen molar-refractivity contribution in [2.24, 2.45) is 5.92 Å². The molecule has 0 saturated carbocycles. The van der Waals surface area contributed by atoms with Gasteiger partial charge in [0.25, 0.3) is 0 Å². The van der Waals surface area contributed by atoms with Gasteiger partial charge in [-0.15, -0.1) is 0 Å². The van der Waals surface area contributed by atoms with Crippen LogP contribution in [0.25, 0.3) is 0 Å². The predicted octanol–water partition coefficient (Wildman–Crippen LogP) is 2.56. The highest BCUT2D eigenvalue weighted by Crippen LogP contribution is 2.09. The largest absolute Gasteiger partial charge is 0.396 e. The molecular formula is C12H27NO. The molecule has 2 N–H and O–H groups in total. The lowest BCUT2D eigenvalue weighted by Crippen LogP contribution is -2.28. The van der Waals surface area contributed by atoms with E-state index in [-0.39, 0.29) is 0 Å². The fraction of sp³-hybridized carbons (Fsp3) is 1.00. The van der Waals surface area contributed by atoms with Crippen LogP contribution < -0.4 is 5.32 Å². The number of rotatable bonds is 9. The van der Waals surface area contributed by atoms with E-state index in [1.54, 1.807) is 0 Å². The fourth-order valence-electron chi connectivity index (χ4n) is 1.62. The Morgan fingerprint density at radius 3 is 2.43 bits per heavy atom. The van der Waals surface area contributed by atoms with Gasteiger partial charge >= 0.3 is 0 Å². The summed E-state index contributed by atoms with van der Waals surface area (Å²) in [5.74, 6) is 0.829. The van der Waals surface area contributed by atoms with Crippen molar-refractivity contribution in [2.45, 2.75) is 58.9 Å². The summed E-state index contributed by atoms with van der Waals surface area (Å²) < 4.78 is 0. The molecule has 0 spiro atoms. The third kappa shape index (κ3) is 8.52. The predicted molar refractivity (Wildman–Crippen MR) is 62.5 cm³/mol. The number of hydrogen-bond acceptors (Lipinski definition) is 2. The first kappa shape index (κ1) is 13.9. The van der Waals surface area contributed by atoms with Crippen LogP contribution in [0.4, 0.5) is 0 Å². The van der Waals surface area contributed by atoms with Crippen LogP contribution in [-0.4, -0.2) is 24.3 Å². The molecule has 0 bridgehead atoms. The van der Waals surface area contributed by atoms with Crippen LogP contribution >= 0.6 is 0 Å². The van der Waals surface area contributed by atoms with Crippen LogP contribution in [0.2, 0.25) is 0 Å². The van der Waals surface area contributed by atoms with Gasteiger partial charge in [-0.05, 0) is 45.1 Å². The molecule has 0 aliphatic rings. The molecule has 14 heavy (non-hydrogen) atoms. The van der Waals surface area contributed by atoms with Crippen molar-refractivity contribution >= 4 is 0 Å². The van der Waals surface area contributed by atoms with E-state index in [1.807, 2.05) is 0 Å². The molecular weight excluding hydrogens is 174 g/mol. The fourth-order valence-corrected chi connectivity index (χ4v) is 1.62. The molecule has 2 heteroatoms. The molecule has 2 atom stereocenters. The van der Waals surface area contributed by atoms with E-state index in [1.165, 1.54) is 19.3 Å². The maximum atomic E-state index is 8.61. The average molecular weight is 201 g/mol. The van der Waals surface area contributed by atoms with Gasteiger partial charge in [-0.25, -0.2) is 0 Å². The Morgan fingerprint density at radius 1 is 1.14 bits per heavy atom. The molecule has 2 nitrogen and oxygen atoms in total. The molecule has 0 rings (SSSR count). The molecule has 2 unspecified atom stereocenters. The van der Waals surface area contributed by atoms with Gasteiger partial charge in [-0.3, -0.25) is 0 Å². The van der Waals surface area contributed by atoms with Crippen LogP contribution in [0, 0.1) is 5.92 Å². The maximum Gasteiger partial charge on any atom is 0.0431 e. The number of nitrogens with one attached hydrogen (secondary N) is 1. The lowest BCUT2D eigenvalue weighted by atomic mass is 10.0. The van der Waals surface area contributed by atoms with Gasteiger partial charge in [-0.2, -0.15) is 0 Å². The zero-order valence-electron chi connectivity index (χ0n) is 10.1. The van der Waals surface area contributed by atoms with Gasteiger partial charge in [0.15, 0.2) is 0 Å². The van der Waals surface area contributed by atoms with Gasteiger partial charge in [0.05, 0.1) is 0 Å². The summed E-state index contributed by atoms with van der Waals surface area (Å²) in [6.45, 7) is 8.25. The standard InChI is InChI=1S/C12H27NO/c1-4-11(2)10-12(3)13-8-6-5-7-9-14/h11-14H,4-10H2,1-3H3. The molecule has 0 aliphatic heterocycles. The summed E-state index contributed by atoms with van der Waals surface area (Å²) >= 11 is 0. The summed E-state index contributed by atoms with van der Waals surface area (Å²) in [7, 11) is 0. The van der Waals surface area contributed by atoms with Gasteiger partial charge in [0, 0.05) is 12.6 Å². The highest BCUT2D eigenvalue weighted by molar-refractivity contribution is 4.64. The minimum absolute atomic E-state index is 0.336. The van der Waals surface area contributed by atoms with E-state index >= 15 is 0 Å². The van der Waals surface area contributed by atoms with Crippen molar-refractivity contribution < 1.29 is 5.11 Å². The Balaban J connectivity index is 3.22. The minimum atomic E-state index is 0.336. The molecule has 0 heterocycles. The molecule has 0 aromatic heterocycles. The Morgan fingerprint density at radius 2 is 1.86 bits per heavy atom. The Bertz CT molecular complexity index is 117. The van der Waals surface area contributed by atoms with Crippen LogP contribution in [-0.2, 0) is 0 Å². The van der Waals surface area contributed by atoms with Crippen molar-refractivity contribution in [3.63, 3.8) is 0 Å². The van der Waals surface area contributed by atoms with Crippen LogP contribution in [0.15, 0.2) is 0 Å². The summed E-state index contributed by atoms with van der Waals surface area (Å²) in [5.41, 5.74) is 0. The SMILES string of the molecule is CCC(C)CC(C)NCCCCCO.